The quantitative estimate of drug-likeness (QED) is 0.796. The van der Waals surface area contributed by atoms with E-state index in [4.69, 9.17) is 5.11 Å². The van der Waals surface area contributed by atoms with Crippen LogP contribution in [-0.2, 0) is 4.79 Å². The molecule has 0 saturated carbocycles. The third kappa shape index (κ3) is 3.87. The Balaban J connectivity index is 2.64. The van der Waals surface area contributed by atoms with Gasteiger partial charge in [0.25, 0.3) is 0 Å². The molecule has 1 heterocycles. The van der Waals surface area contributed by atoms with Crippen molar-refractivity contribution < 1.29 is 9.90 Å². The standard InChI is InChI=1S/C10H14N2O2S/c1-6(4-10(13)14)15-9-5-11-7(2)8(3)12-9/h5-6H,4H2,1-3H3,(H,13,14). The second-order valence-electron chi connectivity index (χ2n) is 3.41. The Bertz CT molecular complexity index is 368. The number of carboxylic acids is 1. The maximum atomic E-state index is 10.5. The fourth-order valence-electron chi connectivity index (χ4n) is 1.07. The Morgan fingerprint density at radius 1 is 1.53 bits per heavy atom. The van der Waals surface area contributed by atoms with Crippen molar-refractivity contribution in [2.75, 3.05) is 0 Å². The molecule has 0 spiro atoms. The molecule has 1 atom stereocenters. The fraction of sp³-hybridized carbons (Fsp3) is 0.500. The first kappa shape index (κ1) is 12.0. The van der Waals surface area contributed by atoms with E-state index >= 15 is 0 Å². The molecule has 0 amide bonds. The smallest absolute Gasteiger partial charge is 0.304 e. The van der Waals surface area contributed by atoms with Crippen LogP contribution in [0.15, 0.2) is 11.2 Å². The summed E-state index contributed by atoms with van der Waals surface area (Å²) < 4.78 is 0. The number of aliphatic carboxylic acids is 1. The SMILES string of the molecule is Cc1ncc(SC(C)CC(=O)O)nc1C. The number of rotatable bonds is 4. The van der Waals surface area contributed by atoms with Crippen LogP contribution in [0, 0.1) is 13.8 Å². The molecule has 0 aromatic carbocycles. The summed E-state index contributed by atoms with van der Waals surface area (Å²) in [6.45, 7) is 5.67. The van der Waals surface area contributed by atoms with Gasteiger partial charge in [-0.25, -0.2) is 4.98 Å². The van der Waals surface area contributed by atoms with Crippen LogP contribution in [0.4, 0.5) is 0 Å². The Morgan fingerprint density at radius 3 is 2.73 bits per heavy atom. The fourth-order valence-corrected chi connectivity index (χ4v) is 2.01. The number of nitrogens with zero attached hydrogens (tertiary/aromatic N) is 2. The minimum absolute atomic E-state index is 0.0129. The molecule has 0 aliphatic carbocycles. The van der Waals surface area contributed by atoms with Crippen molar-refractivity contribution in [1.29, 1.82) is 0 Å². The number of aromatic nitrogens is 2. The molecule has 0 saturated heterocycles. The van der Waals surface area contributed by atoms with E-state index in [1.165, 1.54) is 11.8 Å². The van der Waals surface area contributed by atoms with E-state index < -0.39 is 5.97 Å². The van der Waals surface area contributed by atoms with E-state index in [9.17, 15) is 4.79 Å². The molecule has 0 aliphatic rings. The van der Waals surface area contributed by atoms with Gasteiger partial charge in [0.15, 0.2) is 0 Å². The lowest BCUT2D eigenvalue weighted by atomic mass is 10.3. The van der Waals surface area contributed by atoms with Gasteiger partial charge in [0.1, 0.15) is 5.03 Å². The lowest BCUT2D eigenvalue weighted by Crippen LogP contribution is -2.06. The molecule has 1 aromatic heterocycles. The van der Waals surface area contributed by atoms with Gasteiger partial charge in [-0.1, -0.05) is 6.92 Å². The lowest BCUT2D eigenvalue weighted by Gasteiger charge is -2.08. The third-order valence-electron chi connectivity index (χ3n) is 1.95. The van der Waals surface area contributed by atoms with Crippen LogP contribution in [0.5, 0.6) is 0 Å². The topological polar surface area (TPSA) is 63.1 Å². The third-order valence-corrected chi connectivity index (χ3v) is 2.96. The molecule has 4 nitrogen and oxygen atoms in total. The van der Waals surface area contributed by atoms with Crippen LogP contribution in [-0.4, -0.2) is 26.3 Å². The Kier molecular flexibility index (Phi) is 4.08. The number of carboxylic acid groups (broad SMARTS) is 1. The zero-order chi connectivity index (χ0) is 11.4. The molecule has 1 aromatic rings. The summed E-state index contributed by atoms with van der Waals surface area (Å²) in [5.74, 6) is -0.785. The number of aryl methyl sites for hydroxylation is 2. The average molecular weight is 226 g/mol. The largest absolute Gasteiger partial charge is 0.481 e. The van der Waals surface area contributed by atoms with Gasteiger partial charge >= 0.3 is 5.97 Å². The van der Waals surface area contributed by atoms with Crippen molar-refractivity contribution in [3.8, 4) is 0 Å². The van der Waals surface area contributed by atoms with Crippen LogP contribution in [0.2, 0.25) is 0 Å². The molecular weight excluding hydrogens is 212 g/mol. The summed E-state index contributed by atoms with van der Waals surface area (Å²) in [7, 11) is 0. The number of hydrogen-bond acceptors (Lipinski definition) is 4. The highest BCUT2D eigenvalue weighted by molar-refractivity contribution is 7.99. The summed E-state index contributed by atoms with van der Waals surface area (Å²) in [5.41, 5.74) is 1.80. The summed E-state index contributed by atoms with van der Waals surface area (Å²) in [6.07, 6.45) is 1.82. The molecule has 0 fully saturated rings. The van der Waals surface area contributed by atoms with Gasteiger partial charge in [0.2, 0.25) is 0 Å². The summed E-state index contributed by atoms with van der Waals surface area (Å²) in [6, 6.07) is 0. The average Bonchev–Trinajstić information content (AvgIpc) is 2.10. The molecule has 0 aliphatic heterocycles. The molecule has 1 rings (SSSR count). The summed E-state index contributed by atoms with van der Waals surface area (Å²) in [5, 5.41) is 9.41. The molecule has 15 heavy (non-hydrogen) atoms. The minimum atomic E-state index is -0.785. The predicted molar refractivity (Wildman–Crippen MR) is 59.1 cm³/mol. The first-order chi connectivity index (χ1) is 6.99. The van der Waals surface area contributed by atoms with Crippen molar-refractivity contribution in [3.05, 3.63) is 17.6 Å². The molecule has 82 valence electrons. The van der Waals surface area contributed by atoms with Crippen LogP contribution in [0.1, 0.15) is 24.7 Å². The van der Waals surface area contributed by atoms with Crippen molar-refractivity contribution in [2.24, 2.45) is 0 Å². The van der Waals surface area contributed by atoms with Crippen LogP contribution in [0.25, 0.3) is 0 Å². The monoisotopic (exact) mass is 226 g/mol. The molecule has 0 bridgehead atoms. The minimum Gasteiger partial charge on any atom is -0.481 e. The highest BCUT2D eigenvalue weighted by Gasteiger charge is 2.10. The van der Waals surface area contributed by atoms with Gasteiger partial charge in [-0.2, -0.15) is 0 Å². The Morgan fingerprint density at radius 2 is 2.20 bits per heavy atom. The number of thioether (sulfide) groups is 1. The van der Waals surface area contributed by atoms with Crippen molar-refractivity contribution in [3.63, 3.8) is 0 Å². The van der Waals surface area contributed by atoms with Gasteiger partial charge in [-0.3, -0.25) is 9.78 Å². The molecule has 1 unspecified atom stereocenters. The van der Waals surface area contributed by atoms with E-state index in [0.29, 0.717) is 0 Å². The zero-order valence-corrected chi connectivity index (χ0v) is 9.84. The van der Waals surface area contributed by atoms with Crippen molar-refractivity contribution in [1.82, 2.24) is 9.97 Å². The van der Waals surface area contributed by atoms with Crippen molar-refractivity contribution in [2.45, 2.75) is 37.5 Å². The highest BCUT2D eigenvalue weighted by atomic mass is 32.2. The van der Waals surface area contributed by atoms with Crippen LogP contribution in [0.3, 0.4) is 0 Å². The highest BCUT2D eigenvalue weighted by Crippen LogP contribution is 2.23. The van der Waals surface area contributed by atoms with E-state index in [2.05, 4.69) is 9.97 Å². The van der Waals surface area contributed by atoms with E-state index in [0.717, 1.165) is 16.4 Å². The second kappa shape index (κ2) is 5.11. The van der Waals surface area contributed by atoms with Gasteiger partial charge in [0, 0.05) is 5.25 Å². The van der Waals surface area contributed by atoms with Gasteiger partial charge in [0.05, 0.1) is 24.0 Å². The predicted octanol–water partition coefficient (Wildman–Crippen LogP) is 2.05. The molecular formula is C10H14N2O2S. The van der Waals surface area contributed by atoms with Gasteiger partial charge in [-0.05, 0) is 13.8 Å². The van der Waals surface area contributed by atoms with Gasteiger partial charge in [-0.15, -0.1) is 11.8 Å². The van der Waals surface area contributed by atoms with E-state index in [1.807, 2.05) is 20.8 Å². The van der Waals surface area contributed by atoms with Crippen LogP contribution >= 0.6 is 11.8 Å². The van der Waals surface area contributed by atoms with E-state index in [-0.39, 0.29) is 11.7 Å². The second-order valence-corrected chi connectivity index (χ2v) is 4.86. The summed E-state index contributed by atoms with van der Waals surface area (Å²) >= 11 is 1.44. The molecule has 5 heteroatoms. The maximum absolute atomic E-state index is 10.5. The first-order valence-corrected chi connectivity index (χ1v) is 5.55. The first-order valence-electron chi connectivity index (χ1n) is 4.67. The van der Waals surface area contributed by atoms with Crippen LogP contribution < -0.4 is 0 Å². The number of hydrogen-bond donors (Lipinski definition) is 1. The zero-order valence-electron chi connectivity index (χ0n) is 9.02. The van der Waals surface area contributed by atoms with Gasteiger partial charge < -0.3 is 5.11 Å². The normalized spacial score (nSPS) is 12.5. The molecule has 1 N–H and O–H groups in total. The lowest BCUT2D eigenvalue weighted by molar-refractivity contribution is -0.136. The molecule has 0 radical (unpaired) electrons. The maximum Gasteiger partial charge on any atom is 0.304 e. The Labute approximate surface area is 93.1 Å². The Hall–Kier alpha value is -1.10. The van der Waals surface area contributed by atoms with E-state index in [1.54, 1.807) is 6.20 Å². The number of carbonyl (C=O) groups is 1. The van der Waals surface area contributed by atoms with Crippen molar-refractivity contribution >= 4 is 17.7 Å². The summed E-state index contributed by atoms with van der Waals surface area (Å²) in [4.78, 5) is 19.0.